The average Bonchev–Trinajstić information content (AvgIpc) is 2.74. The lowest BCUT2D eigenvalue weighted by molar-refractivity contribution is 0.0773. The number of sulfonamides is 1. The van der Waals surface area contributed by atoms with Gasteiger partial charge in [0, 0.05) is 24.7 Å². The summed E-state index contributed by atoms with van der Waals surface area (Å²) in [7, 11) is -3.68. The van der Waals surface area contributed by atoms with Crippen LogP contribution in [0.5, 0.6) is 0 Å². The Morgan fingerprint density at radius 3 is 2.24 bits per heavy atom. The van der Waals surface area contributed by atoms with E-state index in [4.69, 9.17) is 0 Å². The van der Waals surface area contributed by atoms with Crippen LogP contribution in [0.3, 0.4) is 0 Å². The Morgan fingerprint density at radius 1 is 1.00 bits per heavy atom. The molecule has 0 aliphatic heterocycles. The van der Waals surface area contributed by atoms with E-state index < -0.39 is 10.0 Å². The molecule has 156 valence electrons. The minimum Gasteiger partial charge on any atom is -0.339 e. The first-order valence-electron chi connectivity index (χ1n) is 10.4. The highest BCUT2D eigenvalue weighted by atomic mass is 32.2. The minimum atomic E-state index is -3.68. The van der Waals surface area contributed by atoms with Crippen molar-refractivity contribution in [2.45, 2.75) is 57.4 Å². The molecule has 1 N–H and O–H groups in total. The van der Waals surface area contributed by atoms with E-state index in [1.165, 1.54) is 36.1 Å². The minimum absolute atomic E-state index is 0.0886. The van der Waals surface area contributed by atoms with Gasteiger partial charge in [-0.15, -0.1) is 0 Å². The SMILES string of the molecule is CCN(CC)C(=O)c1ccc(S(=O)(=O)NC(C)c2ccc3c(c2)CCCC3)cc1. The average molecular weight is 415 g/mol. The lowest BCUT2D eigenvalue weighted by Crippen LogP contribution is -2.30. The molecule has 1 unspecified atom stereocenters. The summed E-state index contributed by atoms with van der Waals surface area (Å²) in [4.78, 5) is 14.3. The summed E-state index contributed by atoms with van der Waals surface area (Å²) in [5.41, 5.74) is 4.18. The van der Waals surface area contributed by atoms with Crippen LogP contribution < -0.4 is 4.72 Å². The fourth-order valence-electron chi connectivity index (χ4n) is 3.86. The zero-order valence-corrected chi connectivity index (χ0v) is 18.3. The van der Waals surface area contributed by atoms with Gasteiger partial charge in [0.1, 0.15) is 0 Å². The van der Waals surface area contributed by atoms with Gasteiger partial charge < -0.3 is 4.90 Å². The number of aryl methyl sites for hydroxylation is 2. The van der Waals surface area contributed by atoms with Crippen LogP contribution in [0.15, 0.2) is 47.4 Å². The van der Waals surface area contributed by atoms with Crippen molar-refractivity contribution < 1.29 is 13.2 Å². The van der Waals surface area contributed by atoms with Gasteiger partial charge in [-0.2, -0.15) is 0 Å². The van der Waals surface area contributed by atoms with Gasteiger partial charge >= 0.3 is 0 Å². The number of hydrogen-bond acceptors (Lipinski definition) is 3. The standard InChI is InChI=1S/C23H30N2O3S/c1-4-25(5-2)23(26)19-12-14-22(15-13-19)29(27,28)24-17(3)20-11-10-18-8-6-7-9-21(18)16-20/h10-17,24H,4-9H2,1-3H3. The fraction of sp³-hybridized carbons (Fsp3) is 0.435. The quantitative estimate of drug-likeness (QED) is 0.742. The van der Waals surface area contributed by atoms with Gasteiger partial charge in [0.25, 0.3) is 5.91 Å². The van der Waals surface area contributed by atoms with Gasteiger partial charge in [-0.05, 0) is 87.4 Å². The number of rotatable bonds is 7. The Morgan fingerprint density at radius 2 is 1.62 bits per heavy atom. The van der Waals surface area contributed by atoms with E-state index in [-0.39, 0.29) is 16.8 Å². The first kappa shape index (κ1) is 21.5. The highest BCUT2D eigenvalue weighted by molar-refractivity contribution is 7.89. The Labute approximate surface area is 174 Å². The molecule has 2 aromatic carbocycles. The zero-order valence-electron chi connectivity index (χ0n) is 17.4. The van der Waals surface area contributed by atoms with Gasteiger partial charge in [-0.3, -0.25) is 4.79 Å². The maximum absolute atomic E-state index is 12.8. The number of benzene rings is 2. The highest BCUT2D eigenvalue weighted by Crippen LogP contribution is 2.25. The summed E-state index contributed by atoms with van der Waals surface area (Å²) in [6.45, 7) is 6.95. The van der Waals surface area contributed by atoms with Crippen LogP contribution in [-0.2, 0) is 22.9 Å². The smallest absolute Gasteiger partial charge is 0.253 e. The van der Waals surface area contributed by atoms with Gasteiger partial charge in [0.2, 0.25) is 10.0 Å². The lowest BCUT2D eigenvalue weighted by atomic mass is 9.89. The third-order valence-electron chi connectivity index (χ3n) is 5.67. The fourth-order valence-corrected chi connectivity index (χ4v) is 5.09. The molecule has 0 aromatic heterocycles. The Hall–Kier alpha value is -2.18. The van der Waals surface area contributed by atoms with Crippen LogP contribution in [0.2, 0.25) is 0 Å². The van der Waals surface area contributed by atoms with Gasteiger partial charge in [-0.25, -0.2) is 13.1 Å². The molecule has 0 fully saturated rings. The van der Waals surface area contributed by atoms with Crippen LogP contribution in [0.25, 0.3) is 0 Å². The third-order valence-corrected chi connectivity index (χ3v) is 7.22. The van der Waals surface area contributed by atoms with E-state index in [9.17, 15) is 13.2 Å². The van der Waals surface area contributed by atoms with Crippen molar-refractivity contribution in [3.05, 3.63) is 64.7 Å². The molecule has 6 heteroatoms. The largest absolute Gasteiger partial charge is 0.339 e. The van der Waals surface area contributed by atoms with E-state index in [2.05, 4.69) is 16.9 Å². The molecule has 5 nitrogen and oxygen atoms in total. The predicted octanol–water partition coefficient (Wildman–Crippen LogP) is 4.09. The molecule has 1 amide bonds. The summed E-state index contributed by atoms with van der Waals surface area (Å²) in [6.07, 6.45) is 4.58. The van der Waals surface area contributed by atoms with Crippen molar-refractivity contribution >= 4 is 15.9 Å². The second-order valence-corrected chi connectivity index (χ2v) is 9.29. The van der Waals surface area contributed by atoms with Crippen molar-refractivity contribution in [1.82, 2.24) is 9.62 Å². The summed E-state index contributed by atoms with van der Waals surface area (Å²) >= 11 is 0. The Balaban J connectivity index is 1.74. The normalized spacial score (nSPS) is 14.9. The predicted molar refractivity (Wildman–Crippen MR) is 116 cm³/mol. The van der Waals surface area contributed by atoms with Crippen molar-refractivity contribution in [3.63, 3.8) is 0 Å². The molecule has 1 atom stereocenters. The molecule has 0 heterocycles. The number of carbonyl (C=O) groups excluding carboxylic acids is 1. The van der Waals surface area contributed by atoms with E-state index in [0.29, 0.717) is 18.7 Å². The van der Waals surface area contributed by atoms with Crippen LogP contribution in [0, 0.1) is 0 Å². The molecular weight excluding hydrogens is 384 g/mol. The molecule has 0 bridgehead atoms. The Kier molecular flexibility index (Phi) is 6.75. The topological polar surface area (TPSA) is 66.5 Å². The van der Waals surface area contributed by atoms with Crippen LogP contribution in [-0.4, -0.2) is 32.3 Å². The first-order chi connectivity index (χ1) is 13.9. The van der Waals surface area contributed by atoms with Crippen molar-refractivity contribution in [3.8, 4) is 0 Å². The van der Waals surface area contributed by atoms with Crippen LogP contribution >= 0.6 is 0 Å². The molecule has 2 aromatic rings. The molecule has 1 aliphatic carbocycles. The Bertz CT molecular complexity index is 964. The molecule has 0 radical (unpaired) electrons. The molecule has 1 aliphatic rings. The van der Waals surface area contributed by atoms with E-state index in [0.717, 1.165) is 18.4 Å². The van der Waals surface area contributed by atoms with Crippen LogP contribution in [0.4, 0.5) is 0 Å². The molecule has 0 saturated carbocycles. The maximum Gasteiger partial charge on any atom is 0.253 e. The van der Waals surface area contributed by atoms with Crippen LogP contribution in [0.1, 0.15) is 66.7 Å². The van der Waals surface area contributed by atoms with Gasteiger partial charge in [-0.1, -0.05) is 18.2 Å². The second kappa shape index (κ2) is 9.09. The molecule has 0 spiro atoms. The van der Waals surface area contributed by atoms with Gasteiger partial charge in [0.15, 0.2) is 0 Å². The number of amides is 1. The monoisotopic (exact) mass is 414 g/mol. The number of fused-ring (bicyclic) bond motifs is 1. The lowest BCUT2D eigenvalue weighted by Gasteiger charge is -2.20. The summed E-state index contributed by atoms with van der Waals surface area (Å²) in [6, 6.07) is 12.1. The second-order valence-electron chi connectivity index (χ2n) is 7.58. The molecule has 29 heavy (non-hydrogen) atoms. The van der Waals surface area contributed by atoms with Crippen molar-refractivity contribution in [2.75, 3.05) is 13.1 Å². The highest BCUT2D eigenvalue weighted by Gasteiger charge is 2.21. The maximum atomic E-state index is 12.8. The number of carbonyl (C=O) groups is 1. The third kappa shape index (κ3) is 4.87. The van der Waals surface area contributed by atoms with Crippen molar-refractivity contribution in [2.24, 2.45) is 0 Å². The number of nitrogens with one attached hydrogen (secondary N) is 1. The van der Waals surface area contributed by atoms with Gasteiger partial charge in [0.05, 0.1) is 4.90 Å². The van der Waals surface area contributed by atoms with E-state index >= 15 is 0 Å². The molecular formula is C23H30N2O3S. The summed E-state index contributed by atoms with van der Waals surface area (Å²) in [5, 5.41) is 0. The zero-order chi connectivity index (χ0) is 21.0. The number of nitrogens with zero attached hydrogens (tertiary/aromatic N) is 1. The molecule has 0 saturated heterocycles. The molecule has 3 rings (SSSR count). The van der Waals surface area contributed by atoms with Crippen molar-refractivity contribution in [1.29, 1.82) is 0 Å². The summed E-state index contributed by atoms with van der Waals surface area (Å²) < 4.78 is 28.4. The van der Waals surface area contributed by atoms with E-state index in [1.807, 2.05) is 26.8 Å². The summed E-state index contributed by atoms with van der Waals surface area (Å²) in [5.74, 6) is -0.0886. The first-order valence-corrected chi connectivity index (χ1v) is 11.9. The van der Waals surface area contributed by atoms with E-state index in [1.54, 1.807) is 17.0 Å². The number of hydrogen-bond donors (Lipinski definition) is 1.